The lowest BCUT2D eigenvalue weighted by atomic mass is 9.78. The molecule has 2 aliphatic rings. The van der Waals surface area contributed by atoms with E-state index in [0.717, 1.165) is 6.42 Å². The average Bonchev–Trinajstić information content (AvgIpc) is 2.48. The SMILES string of the molecule is BrC1=CC(C2=CCCC=C2)CC(c2ccccc2)C1. The summed E-state index contributed by atoms with van der Waals surface area (Å²) < 4.78 is 1.36. The lowest BCUT2D eigenvalue weighted by molar-refractivity contribution is 0.531. The zero-order chi connectivity index (χ0) is 13.1. The maximum absolute atomic E-state index is 3.74. The highest BCUT2D eigenvalue weighted by molar-refractivity contribution is 9.11. The second kappa shape index (κ2) is 5.92. The monoisotopic (exact) mass is 314 g/mol. The smallest absolute Gasteiger partial charge is 0.00315 e. The van der Waals surface area contributed by atoms with Gasteiger partial charge < -0.3 is 0 Å². The van der Waals surface area contributed by atoms with Crippen molar-refractivity contribution in [3.8, 4) is 0 Å². The summed E-state index contributed by atoms with van der Waals surface area (Å²) >= 11 is 3.74. The van der Waals surface area contributed by atoms with E-state index in [9.17, 15) is 0 Å². The van der Waals surface area contributed by atoms with Gasteiger partial charge in [-0.1, -0.05) is 70.6 Å². The Labute approximate surface area is 124 Å². The van der Waals surface area contributed by atoms with Gasteiger partial charge in [0, 0.05) is 5.92 Å². The molecule has 2 unspecified atom stereocenters. The molecule has 1 aromatic carbocycles. The highest BCUT2D eigenvalue weighted by atomic mass is 79.9. The van der Waals surface area contributed by atoms with E-state index in [0.29, 0.717) is 11.8 Å². The summed E-state index contributed by atoms with van der Waals surface area (Å²) in [5.41, 5.74) is 2.97. The minimum Gasteiger partial charge on any atom is -0.0839 e. The van der Waals surface area contributed by atoms with Crippen molar-refractivity contribution >= 4 is 15.9 Å². The second-order valence-corrected chi connectivity index (χ2v) is 6.47. The van der Waals surface area contributed by atoms with Crippen molar-refractivity contribution in [2.75, 3.05) is 0 Å². The number of benzene rings is 1. The van der Waals surface area contributed by atoms with Gasteiger partial charge in [0.2, 0.25) is 0 Å². The van der Waals surface area contributed by atoms with E-state index in [4.69, 9.17) is 0 Å². The summed E-state index contributed by atoms with van der Waals surface area (Å²) in [6.45, 7) is 0. The van der Waals surface area contributed by atoms with E-state index in [1.165, 1.54) is 34.9 Å². The Hall–Kier alpha value is -1.08. The Morgan fingerprint density at radius 1 is 1.05 bits per heavy atom. The molecule has 0 aliphatic heterocycles. The summed E-state index contributed by atoms with van der Waals surface area (Å²) in [5, 5.41) is 0. The third kappa shape index (κ3) is 3.09. The van der Waals surface area contributed by atoms with Crippen LogP contribution >= 0.6 is 15.9 Å². The molecule has 19 heavy (non-hydrogen) atoms. The van der Waals surface area contributed by atoms with Crippen molar-refractivity contribution in [3.63, 3.8) is 0 Å². The van der Waals surface area contributed by atoms with Gasteiger partial charge in [-0.3, -0.25) is 0 Å². The van der Waals surface area contributed by atoms with Gasteiger partial charge in [-0.2, -0.15) is 0 Å². The molecular formula is C18H19Br. The van der Waals surface area contributed by atoms with Crippen molar-refractivity contribution in [3.05, 3.63) is 70.3 Å². The molecule has 98 valence electrons. The quantitative estimate of drug-likeness (QED) is 0.653. The first-order chi connectivity index (χ1) is 9.33. The van der Waals surface area contributed by atoms with E-state index >= 15 is 0 Å². The van der Waals surface area contributed by atoms with Gasteiger partial charge in [0.25, 0.3) is 0 Å². The number of hydrogen-bond acceptors (Lipinski definition) is 0. The molecule has 0 N–H and O–H groups in total. The number of allylic oxidation sites excluding steroid dienone is 6. The van der Waals surface area contributed by atoms with Crippen LogP contribution in [0.2, 0.25) is 0 Å². The Kier molecular flexibility index (Phi) is 4.03. The Morgan fingerprint density at radius 3 is 2.63 bits per heavy atom. The van der Waals surface area contributed by atoms with Crippen molar-refractivity contribution in [2.45, 2.75) is 31.6 Å². The van der Waals surface area contributed by atoms with Crippen LogP contribution in [-0.4, -0.2) is 0 Å². The molecule has 0 saturated heterocycles. The lowest BCUT2D eigenvalue weighted by Gasteiger charge is -2.28. The lowest BCUT2D eigenvalue weighted by Crippen LogP contribution is -2.13. The molecule has 2 atom stereocenters. The molecule has 0 spiro atoms. The van der Waals surface area contributed by atoms with Crippen LogP contribution in [0.25, 0.3) is 0 Å². The highest BCUT2D eigenvalue weighted by Gasteiger charge is 2.24. The number of halogens is 1. The fourth-order valence-corrected chi connectivity index (χ4v) is 3.81. The molecule has 3 rings (SSSR count). The zero-order valence-electron chi connectivity index (χ0n) is 11.1. The molecule has 0 radical (unpaired) electrons. The Morgan fingerprint density at radius 2 is 1.89 bits per heavy atom. The molecule has 0 fully saturated rings. The van der Waals surface area contributed by atoms with Crippen molar-refractivity contribution in [1.82, 2.24) is 0 Å². The molecule has 1 heteroatoms. The van der Waals surface area contributed by atoms with Crippen LogP contribution in [0, 0.1) is 5.92 Å². The second-order valence-electron chi connectivity index (χ2n) is 5.45. The first kappa shape index (κ1) is 12.9. The maximum Gasteiger partial charge on any atom is 0.00315 e. The minimum atomic E-state index is 0.574. The third-order valence-electron chi connectivity index (χ3n) is 4.08. The van der Waals surface area contributed by atoms with Crippen molar-refractivity contribution in [1.29, 1.82) is 0 Å². The third-order valence-corrected chi connectivity index (χ3v) is 4.67. The molecule has 0 aromatic heterocycles. The fourth-order valence-electron chi connectivity index (χ4n) is 3.10. The standard InChI is InChI=1S/C18H19Br/c19-18-12-16(14-7-3-1-4-8-14)11-17(13-18)15-9-5-2-6-10-15/h1,3-5,7-10,13,16-17H,2,6,11-12H2. The first-order valence-corrected chi connectivity index (χ1v) is 7.90. The molecule has 2 aliphatic carbocycles. The van der Waals surface area contributed by atoms with Crippen LogP contribution in [0.3, 0.4) is 0 Å². The number of rotatable bonds is 2. The molecular weight excluding hydrogens is 296 g/mol. The Balaban J connectivity index is 1.82. The molecule has 0 amide bonds. The normalized spacial score (nSPS) is 26.8. The predicted octanol–water partition coefficient (Wildman–Crippen LogP) is 5.74. The number of hydrogen-bond donors (Lipinski definition) is 0. The molecule has 0 bridgehead atoms. The summed E-state index contributed by atoms with van der Waals surface area (Å²) in [6, 6.07) is 10.9. The van der Waals surface area contributed by atoms with E-state index in [1.54, 1.807) is 0 Å². The van der Waals surface area contributed by atoms with Crippen LogP contribution in [0.4, 0.5) is 0 Å². The Bertz CT molecular complexity index is 522. The summed E-state index contributed by atoms with van der Waals surface area (Å²) in [6.07, 6.45) is 14.2. The molecule has 0 saturated carbocycles. The van der Waals surface area contributed by atoms with E-state index in [-0.39, 0.29) is 0 Å². The van der Waals surface area contributed by atoms with Crippen LogP contribution in [0.5, 0.6) is 0 Å². The van der Waals surface area contributed by atoms with E-state index < -0.39 is 0 Å². The molecule has 1 aromatic rings. The van der Waals surface area contributed by atoms with Gasteiger partial charge in [0.05, 0.1) is 0 Å². The van der Waals surface area contributed by atoms with Gasteiger partial charge in [-0.05, 0) is 47.2 Å². The van der Waals surface area contributed by atoms with E-state index in [1.807, 2.05) is 0 Å². The largest absolute Gasteiger partial charge is 0.0839 e. The minimum absolute atomic E-state index is 0.574. The topological polar surface area (TPSA) is 0 Å². The molecule has 0 heterocycles. The maximum atomic E-state index is 3.74. The van der Waals surface area contributed by atoms with Crippen LogP contribution < -0.4 is 0 Å². The zero-order valence-corrected chi connectivity index (χ0v) is 12.6. The average molecular weight is 315 g/mol. The summed E-state index contributed by atoms with van der Waals surface area (Å²) in [5.74, 6) is 1.21. The van der Waals surface area contributed by atoms with E-state index in [2.05, 4.69) is 70.6 Å². The highest BCUT2D eigenvalue weighted by Crippen LogP contribution is 2.41. The van der Waals surface area contributed by atoms with Crippen LogP contribution in [0.15, 0.2) is 64.7 Å². The van der Waals surface area contributed by atoms with Gasteiger partial charge >= 0.3 is 0 Å². The van der Waals surface area contributed by atoms with Gasteiger partial charge in [0.1, 0.15) is 0 Å². The van der Waals surface area contributed by atoms with Crippen LogP contribution in [-0.2, 0) is 0 Å². The summed E-state index contributed by atoms with van der Waals surface area (Å²) in [7, 11) is 0. The first-order valence-electron chi connectivity index (χ1n) is 7.10. The van der Waals surface area contributed by atoms with Gasteiger partial charge in [-0.25, -0.2) is 0 Å². The summed E-state index contributed by atoms with van der Waals surface area (Å²) in [4.78, 5) is 0. The van der Waals surface area contributed by atoms with Crippen molar-refractivity contribution < 1.29 is 0 Å². The molecule has 0 nitrogen and oxygen atoms in total. The van der Waals surface area contributed by atoms with Crippen molar-refractivity contribution in [2.24, 2.45) is 5.92 Å². The van der Waals surface area contributed by atoms with Crippen LogP contribution in [0.1, 0.15) is 37.2 Å². The van der Waals surface area contributed by atoms with Gasteiger partial charge in [0.15, 0.2) is 0 Å². The fraction of sp³-hybridized carbons (Fsp3) is 0.333. The van der Waals surface area contributed by atoms with Gasteiger partial charge in [-0.15, -0.1) is 0 Å². The predicted molar refractivity (Wildman–Crippen MR) is 85.4 cm³/mol.